The molecule has 1 fully saturated rings. The first-order chi connectivity index (χ1) is 9.81. The highest BCUT2D eigenvalue weighted by atomic mass is 16.4. The minimum absolute atomic E-state index is 0.0768. The highest BCUT2D eigenvalue weighted by Crippen LogP contribution is 2.26. The van der Waals surface area contributed by atoms with E-state index in [2.05, 4.69) is 10.3 Å². The second-order valence-corrected chi connectivity index (χ2v) is 5.70. The van der Waals surface area contributed by atoms with Crippen LogP contribution in [0.25, 0.3) is 0 Å². The van der Waals surface area contributed by atoms with Crippen molar-refractivity contribution in [2.45, 2.75) is 46.1 Å². The van der Waals surface area contributed by atoms with Crippen molar-refractivity contribution in [3.05, 3.63) is 22.5 Å². The maximum atomic E-state index is 12.3. The van der Waals surface area contributed by atoms with Crippen molar-refractivity contribution < 1.29 is 19.5 Å². The average molecular weight is 292 g/mol. The molecule has 3 N–H and O–H groups in total. The van der Waals surface area contributed by atoms with E-state index in [1.54, 1.807) is 13.8 Å². The summed E-state index contributed by atoms with van der Waals surface area (Å²) in [5.74, 6) is -1.54. The van der Waals surface area contributed by atoms with Crippen LogP contribution in [0.4, 0.5) is 0 Å². The SMILES string of the molecule is CC(=O)c1c(C)[nH]c(C(=O)N[C@@H]2CC[C@H](C(=O)O)C2)c1C. The molecular weight excluding hydrogens is 272 g/mol. The van der Waals surface area contributed by atoms with Crippen molar-refractivity contribution in [1.82, 2.24) is 10.3 Å². The molecule has 0 unspecified atom stereocenters. The lowest BCUT2D eigenvalue weighted by atomic mass is 10.1. The average Bonchev–Trinajstić information content (AvgIpc) is 2.94. The summed E-state index contributed by atoms with van der Waals surface area (Å²) in [5.41, 5.74) is 2.26. The molecule has 0 bridgehead atoms. The number of amides is 1. The molecule has 1 heterocycles. The van der Waals surface area contributed by atoms with E-state index in [1.807, 2.05) is 0 Å². The number of aromatic nitrogens is 1. The number of rotatable bonds is 4. The standard InChI is InChI=1S/C15H20N2O4/c1-7-12(9(3)18)8(2)16-13(7)14(19)17-11-5-4-10(6-11)15(20)21/h10-11,16H,4-6H2,1-3H3,(H,17,19)(H,20,21)/t10-,11+/m0/s1. The lowest BCUT2D eigenvalue weighted by Crippen LogP contribution is -2.34. The van der Waals surface area contributed by atoms with Gasteiger partial charge in [-0.05, 0) is 45.6 Å². The molecule has 2 rings (SSSR count). The van der Waals surface area contributed by atoms with Gasteiger partial charge in [0.05, 0.1) is 5.92 Å². The number of aromatic amines is 1. The Morgan fingerprint density at radius 3 is 2.38 bits per heavy atom. The van der Waals surface area contributed by atoms with E-state index in [4.69, 9.17) is 5.11 Å². The fourth-order valence-electron chi connectivity index (χ4n) is 3.10. The zero-order valence-corrected chi connectivity index (χ0v) is 12.4. The van der Waals surface area contributed by atoms with Crippen LogP contribution in [0.3, 0.4) is 0 Å². The maximum Gasteiger partial charge on any atom is 0.306 e. The molecule has 114 valence electrons. The number of Topliss-reactive ketones (excluding diaryl/α,β-unsaturated/α-hetero) is 1. The Bertz CT molecular complexity index is 603. The molecule has 1 amide bonds. The van der Waals surface area contributed by atoms with Gasteiger partial charge in [0, 0.05) is 17.3 Å². The highest BCUT2D eigenvalue weighted by Gasteiger charge is 2.31. The van der Waals surface area contributed by atoms with Crippen LogP contribution in [0.1, 0.15) is 58.3 Å². The fourth-order valence-corrected chi connectivity index (χ4v) is 3.10. The van der Waals surface area contributed by atoms with Crippen LogP contribution in [-0.4, -0.2) is 33.8 Å². The smallest absolute Gasteiger partial charge is 0.306 e. The minimum Gasteiger partial charge on any atom is -0.481 e. The Kier molecular flexibility index (Phi) is 4.16. The van der Waals surface area contributed by atoms with Gasteiger partial charge < -0.3 is 15.4 Å². The van der Waals surface area contributed by atoms with Crippen LogP contribution >= 0.6 is 0 Å². The number of nitrogens with one attached hydrogen (secondary N) is 2. The third kappa shape index (κ3) is 2.99. The number of aryl methyl sites for hydroxylation is 1. The lowest BCUT2D eigenvalue weighted by Gasteiger charge is -2.12. The minimum atomic E-state index is -0.808. The van der Waals surface area contributed by atoms with E-state index in [-0.39, 0.29) is 23.7 Å². The van der Waals surface area contributed by atoms with Gasteiger partial charge in [0.15, 0.2) is 5.78 Å². The van der Waals surface area contributed by atoms with Gasteiger partial charge in [0.2, 0.25) is 0 Å². The van der Waals surface area contributed by atoms with Crippen molar-refractivity contribution in [3.8, 4) is 0 Å². The second kappa shape index (κ2) is 5.71. The molecule has 0 spiro atoms. The van der Waals surface area contributed by atoms with Crippen molar-refractivity contribution in [1.29, 1.82) is 0 Å². The Balaban J connectivity index is 2.10. The zero-order chi connectivity index (χ0) is 15.7. The van der Waals surface area contributed by atoms with E-state index in [1.165, 1.54) is 6.92 Å². The van der Waals surface area contributed by atoms with Crippen LogP contribution in [0.15, 0.2) is 0 Å². The molecule has 2 atom stereocenters. The molecule has 1 aliphatic carbocycles. The van der Waals surface area contributed by atoms with Crippen LogP contribution in [-0.2, 0) is 4.79 Å². The molecule has 0 radical (unpaired) electrons. The summed E-state index contributed by atoms with van der Waals surface area (Å²) >= 11 is 0. The Labute approximate surface area is 122 Å². The monoisotopic (exact) mass is 292 g/mol. The number of carboxylic acids is 1. The number of hydrogen-bond donors (Lipinski definition) is 3. The van der Waals surface area contributed by atoms with Crippen LogP contribution < -0.4 is 5.32 Å². The van der Waals surface area contributed by atoms with E-state index in [9.17, 15) is 14.4 Å². The largest absolute Gasteiger partial charge is 0.481 e. The molecule has 1 aromatic heterocycles. The molecule has 6 heteroatoms. The first-order valence-corrected chi connectivity index (χ1v) is 7.05. The van der Waals surface area contributed by atoms with Gasteiger partial charge in [-0.3, -0.25) is 14.4 Å². The topological polar surface area (TPSA) is 99.3 Å². The summed E-state index contributed by atoms with van der Waals surface area (Å²) in [7, 11) is 0. The molecular formula is C15H20N2O4. The third-order valence-corrected chi connectivity index (χ3v) is 4.13. The molecule has 6 nitrogen and oxygen atoms in total. The van der Waals surface area contributed by atoms with Gasteiger partial charge in [-0.2, -0.15) is 0 Å². The molecule has 1 saturated carbocycles. The van der Waals surface area contributed by atoms with Crippen LogP contribution in [0, 0.1) is 19.8 Å². The quantitative estimate of drug-likeness (QED) is 0.737. The van der Waals surface area contributed by atoms with E-state index < -0.39 is 5.97 Å². The van der Waals surface area contributed by atoms with E-state index in [0.29, 0.717) is 41.8 Å². The summed E-state index contributed by atoms with van der Waals surface area (Å²) in [5, 5.41) is 11.8. The highest BCUT2D eigenvalue weighted by molar-refractivity contribution is 6.02. The third-order valence-electron chi connectivity index (χ3n) is 4.13. The summed E-state index contributed by atoms with van der Waals surface area (Å²) in [6, 6.07) is -0.123. The van der Waals surface area contributed by atoms with Crippen molar-refractivity contribution in [2.24, 2.45) is 5.92 Å². The Hall–Kier alpha value is -2.11. The van der Waals surface area contributed by atoms with Crippen molar-refractivity contribution >= 4 is 17.7 Å². The number of carbonyl (C=O) groups is 3. The molecule has 0 aromatic carbocycles. The number of H-pyrrole nitrogens is 1. The number of carbonyl (C=O) groups excluding carboxylic acids is 2. The van der Waals surface area contributed by atoms with Gasteiger partial charge in [-0.15, -0.1) is 0 Å². The molecule has 0 saturated heterocycles. The predicted octanol–water partition coefficient (Wildman–Crippen LogP) is 1.82. The summed E-state index contributed by atoms with van der Waals surface area (Å²) < 4.78 is 0. The molecule has 1 aromatic rings. The number of ketones is 1. The summed E-state index contributed by atoms with van der Waals surface area (Å²) in [6.07, 6.45) is 1.71. The normalized spacial score (nSPS) is 21.3. The van der Waals surface area contributed by atoms with E-state index in [0.717, 1.165) is 0 Å². The summed E-state index contributed by atoms with van der Waals surface area (Å²) in [4.78, 5) is 37.7. The van der Waals surface area contributed by atoms with Crippen LogP contribution in [0.5, 0.6) is 0 Å². The van der Waals surface area contributed by atoms with Gasteiger partial charge in [-0.25, -0.2) is 0 Å². The fraction of sp³-hybridized carbons (Fsp3) is 0.533. The van der Waals surface area contributed by atoms with Crippen molar-refractivity contribution in [3.63, 3.8) is 0 Å². The first kappa shape index (κ1) is 15.3. The lowest BCUT2D eigenvalue weighted by molar-refractivity contribution is -0.141. The number of carboxylic acid groups (broad SMARTS) is 1. The van der Waals surface area contributed by atoms with Crippen LogP contribution in [0.2, 0.25) is 0 Å². The second-order valence-electron chi connectivity index (χ2n) is 5.70. The van der Waals surface area contributed by atoms with Gasteiger partial charge in [-0.1, -0.05) is 0 Å². The zero-order valence-electron chi connectivity index (χ0n) is 12.4. The first-order valence-electron chi connectivity index (χ1n) is 7.05. The summed E-state index contributed by atoms with van der Waals surface area (Å²) in [6.45, 7) is 4.97. The van der Waals surface area contributed by atoms with Gasteiger partial charge in [0.1, 0.15) is 5.69 Å². The molecule has 0 aliphatic heterocycles. The Morgan fingerprint density at radius 2 is 1.90 bits per heavy atom. The van der Waals surface area contributed by atoms with Crippen molar-refractivity contribution in [2.75, 3.05) is 0 Å². The predicted molar refractivity (Wildman–Crippen MR) is 76.5 cm³/mol. The van der Waals surface area contributed by atoms with Gasteiger partial charge in [0.25, 0.3) is 5.91 Å². The van der Waals surface area contributed by atoms with Gasteiger partial charge >= 0.3 is 5.97 Å². The number of aliphatic carboxylic acids is 1. The maximum absolute atomic E-state index is 12.3. The molecule has 21 heavy (non-hydrogen) atoms. The Morgan fingerprint density at radius 1 is 1.24 bits per heavy atom. The van der Waals surface area contributed by atoms with E-state index >= 15 is 0 Å². The number of hydrogen-bond acceptors (Lipinski definition) is 3. The molecule has 1 aliphatic rings.